The lowest BCUT2D eigenvalue weighted by Crippen LogP contribution is -2.35. The number of nitrogens with zero attached hydrogens (tertiary/aromatic N) is 1. The van der Waals surface area contributed by atoms with Gasteiger partial charge in [-0.3, -0.25) is 14.5 Å². The third-order valence-electron chi connectivity index (χ3n) is 1.91. The zero-order valence-electron chi connectivity index (χ0n) is 10.3. The van der Waals surface area contributed by atoms with E-state index in [1.165, 1.54) is 4.90 Å². The van der Waals surface area contributed by atoms with Crippen LogP contribution in [0, 0.1) is 0 Å². The van der Waals surface area contributed by atoms with Crippen molar-refractivity contribution in [2.45, 2.75) is 0 Å². The normalized spacial score (nSPS) is 10.4. The molecule has 0 atom stereocenters. The Labute approximate surface area is 109 Å². The second-order valence-electron chi connectivity index (χ2n) is 3.41. The van der Waals surface area contributed by atoms with Crippen molar-refractivity contribution < 1.29 is 38.8 Å². The van der Waals surface area contributed by atoms with Crippen LogP contribution < -0.4 is 0 Å². The van der Waals surface area contributed by atoms with Crippen molar-refractivity contribution in [3.8, 4) is 0 Å². The number of carboxylic acids is 2. The second-order valence-corrected chi connectivity index (χ2v) is 3.41. The van der Waals surface area contributed by atoms with Crippen molar-refractivity contribution >= 4 is 18.4 Å². The number of carboxylic acid groups (broad SMARTS) is 2. The molecule has 110 valence electrons. The molecular weight excluding hydrogens is 262 g/mol. The number of aliphatic carboxylic acids is 2. The molecule has 0 aliphatic heterocycles. The molecule has 0 aliphatic carbocycles. The van der Waals surface area contributed by atoms with Crippen LogP contribution in [0.5, 0.6) is 0 Å². The maximum absolute atomic E-state index is 10.6. The summed E-state index contributed by atoms with van der Waals surface area (Å²) in [5.41, 5.74) is 0. The minimum Gasteiger partial charge on any atom is -0.480 e. The number of hydrogen-bond donors (Lipinski definition) is 2. The smallest absolute Gasteiger partial charge is 0.329 e. The van der Waals surface area contributed by atoms with Gasteiger partial charge in [0.15, 0.2) is 6.79 Å². The fourth-order valence-electron chi connectivity index (χ4n) is 1.14. The van der Waals surface area contributed by atoms with E-state index in [2.05, 4.69) is 4.74 Å². The van der Waals surface area contributed by atoms with E-state index >= 15 is 0 Å². The molecule has 0 aliphatic rings. The third kappa shape index (κ3) is 12.5. The van der Waals surface area contributed by atoms with Crippen LogP contribution in [-0.2, 0) is 28.6 Å². The molecule has 0 spiro atoms. The molecule has 0 aromatic carbocycles. The fraction of sp³-hybridized carbons (Fsp3) is 0.700. The maximum Gasteiger partial charge on any atom is 0.329 e. The molecule has 0 saturated heterocycles. The van der Waals surface area contributed by atoms with Gasteiger partial charge in [0, 0.05) is 13.1 Å². The van der Waals surface area contributed by atoms with E-state index in [4.69, 9.17) is 19.7 Å². The van der Waals surface area contributed by atoms with E-state index in [1.54, 1.807) is 0 Å². The number of carbonyl (C=O) groups excluding carboxylic acids is 1. The Morgan fingerprint density at radius 2 is 1.68 bits per heavy atom. The molecule has 0 fully saturated rings. The second kappa shape index (κ2) is 11.4. The predicted molar refractivity (Wildman–Crippen MR) is 60.5 cm³/mol. The van der Waals surface area contributed by atoms with Crippen LogP contribution in [0.4, 0.5) is 0 Å². The van der Waals surface area contributed by atoms with Gasteiger partial charge in [0.05, 0.1) is 19.8 Å². The Kier molecular flexibility index (Phi) is 10.4. The van der Waals surface area contributed by atoms with Crippen molar-refractivity contribution in [2.75, 3.05) is 46.2 Å². The van der Waals surface area contributed by atoms with E-state index in [0.29, 0.717) is 6.54 Å². The Bertz CT molecular complexity index is 283. The minimum atomic E-state index is -1.08. The van der Waals surface area contributed by atoms with Gasteiger partial charge in [0.1, 0.15) is 6.61 Å². The summed E-state index contributed by atoms with van der Waals surface area (Å²) in [4.78, 5) is 32.1. The van der Waals surface area contributed by atoms with Gasteiger partial charge >= 0.3 is 11.9 Å². The highest BCUT2D eigenvalue weighted by molar-refractivity contribution is 5.69. The average molecular weight is 279 g/mol. The summed E-state index contributed by atoms with van der Waals surface area (Å²) in [5.74, 6) is -2.10. The first-order chi connectivity index (χ1) is 9.06. The van der Waals surface area contributed by atoms with Crippen molar-refractivity contribution in [1.82, 2.24) is 4.90 Å². The van der Waals surface area contributed by atoms with Crippen molar-refractivity contribution in [2.24, 2.45) is 0 Å². The summed E-state index contributed by atoms with van der Waals surface area (Å²) in [6, 6.07) is 0. The van der Waals surface area contributed by atoms with Gasteiger partial charge in [-0.05, 0) is 0 Å². The molecular formula is C10H17NO8. The predicted octanol–water partition coefficient (Wildman–Crippen LogP) is -1.38. The molecule has 9 heteroatoms. The molecule has 19 heavy (non-hydrogen) atoms. The lowest BCUT2D eigenvalue weighted by molar-refractivity contribution is -0.144. The van der Waals surface area contributed by atoms with Crippen LogP contribution in [0.3, 0.4) is 0 Å². The van der Waals surface area contributed by atoms with Gasteiger partial charge in [-0.15, -0.1) is 0 Å². The van der Waals surface area contributed by atoms with E-state index in [0.717, 1.165) is 0 Å². The zero-order valence-corrected chi connectivity index (χ0v) is 10.3. The molecule has 0 bridgehead atoms. The van der Waals surface area contributed by atoms with Gasteiger partial charge < -0.3 is 24.4 Å². The summed E-state index contributed by atoms with van der Waals surface area (Å²) in [6.45, 7) is 0.250. The highest BCUT2D eigenvalue weighted by atomic mass is 16.7. The minimum absolute atomic E-state index is 0.102. The average Bonchev–Trinajstić information content (AvgIpc) is 2.33. The first-order valence-electron chi connectivity index (χ1n) is 5.43. The standard InChI is InChI=1S/C10H17NO8/c12-7-19-8-18-4-2-11(5-9(13)14)1-3-17-6-10(15)16/h7H,1-6,8H2,(H,13,14)(H,15,16). The number of ether oxygens (including phenoxy) is 3. The highest BCUT2D eigenvalue weighted by Crippen LogP contribution is 1.90. The summed E-state index contributed by atoms with van der Waals surface area (Å²) < 4.78 is 14.0. The van der Waals surface area contributed by atoms with E-state index in [1.807, 2.05) is 0 Å². The zero-order chi connectivity index (χ0) is 14.5. The molecule has 0 unspecified atom stereocenters. The van der Waals surface area contributed by atoms with Gasteiger partial charge in [-0.2, -0.15) is 0 Å². The Morgan fingerprint density at radius 1 is 1.05 bits per heavy atom. The summed E-state index contributed by atoms with van der Waals surface area (Å²) in [5, 5.41) is 17.0. The van der Waals surface area contributed by atoms with Crippen LogP contribution in [0.1, 0.15) is 0 Å². The number of carbonyl (C=O) groups is 3. The molecule has 0 rings (SSSR count). The molecule has 0 amide bonds. The van der Waals surface area contributed by atoms with Crippen LogP contribution in [0.15, 0.2) is 0 Å². The van der Waals surface area contributed by atoms with Crippen LogP contribution in [0.2, 0.25) is 0 Å². The Hall–Kier alpha value is -1.71. The van der Waals surface area contributed by atoms with Gasteiger partial charge in [0.25, 0.3) is 6.47 Å². The SMILES string of the molecule is O=COCOCCN(CCOCC(=O)O)CC(=O)O. The van der Waals surface area contributed by atoms with Crippen LogP contribution in [0.25, 0.3) is 0 Å². The number of hydrogen-bond acceptors (Lipinski definition) is 7. The largest absolute Gasteiger partial charge is 0.480 e. The Balaban J connectivity index is 3.78. The first-order valence-corrected chi connectivity index (χ1v) is 5.43. The highest BCUT2D eigenvalue weighted by Gasteiger charge is 2.09. The first kappa shape index (κ1) is 17.3. The van der Waals surface area contributed by atoms with E-state index < -0.39 is 18.5 Å². The summed E-state index contributed by atoms with van der Waals surface area (Å²) in [7, 11) is 0. The molecule has 0 heterocycles. The number of rotatable bonds is 13. The van der Waals surface area contributed by atoms with Gasteiger partial charge in [0.2, 0.25) is 0 Å². The topological polar surface area (TPSA) is 123 Å². The lowest BCUT2D eigenvalue weighted by atomic mass is 10.4. The quantitative estimate of drug-likeness (QED) is 0.238. The molecule has 0 aromatic rings. The monoisotopic (exact) mass is 279 g/mol. The Morgan fingerprint density at radius 3 is 2.21 bits per heavy atom. The fourth-order valence-corrected chi connectivity index (χ4v) is 1.14. The van der Waals surface area contributed by atoms with Crippen molar-refractivity contribution in [3.63, 3.8) is 0 Å². The van der Waals surface area contributed by atoms with Crippen LogP contribution in [-0.4, -0.2) is 79.8 Å². The molecule has 0 saturated carbocycles. The van der Waals surface area contributed by atoms with Gasteiger partial charge in [-0.25, -0.2) is 4.79 Å². The summed E-state index contributed by atoms with van der Waals surface area (Å²) >= 11 is 0. The van der Waals surface area contributed by atoms with Crippen LogP contribution >= 0.6 is 0 Å². The lowest BCUT2D eigenvalue weighted by Gasteiger charge is -2.19. The van der Waals surface area contributed by atoms with E-state index in [-0.39, 0.29) is 39.6 Å². The third-order valence-corrected chi connectivity index (χ3v) is 1.91. The molecule has 9 nitrogen and oxygen atoms in total. The molecule has 0 radical (unpaired) electrons. The molecule has 2 N–H and O–H groups in total. The van der Waals surface area contributed by atoms with E-state index in [9.17, 15) is 14.4 Å². The molecule has 0 aromatic heterocycles. The maximum atomic E-state index is 10.6. The van der Waals surface area contributed by atoms with Crippen molar-refractivity contribution in [1.29, 1.82) is 0 Å². The summed E-state index contributed by atoms with van der Waals surface area (Å²) in [6.07, 6.45) is 0. The van der Waals surface area contributed by atoms with Crippen molar-refractivity contribution in [3.05, 3.63) is 0 Å². The van der Waals surface area contributed by atoms with Gasteiger partial charge in [-0.1, -0.05) is 0 Å².